The van der Waals surface area contributed by atoms with Gasteiger partial charge in [-0.3, -0.25) is 0 Å². The summed E-state index contributed by atoms with van der Waals surface area (Å²) >= 11 is 0. The average molecular weight is 349 g/mol. The number of hydrogen-bond acceptors (Lipinski definition) is 4. The van der Waals surface area contributed by atoms with Gasteiger partial charge in [-0.2, -0.15) is 0 Å². The van der Waals surface area contributed by atoms with E-state index in [2.05, 4.69) is 4.72 Å². The molecule has 0 amide bonds. The van der Waals surface area contributed by atoms with E-state index in [0.717, 1.165) is 25.7 Å². The first-order valence-electron chi connectivity index (χ1n) is 7.52. The standard InChI is InChI=1S/C15H24N2O3S.ClH/c1-2-20-13-7-9-14(10-8-13)21(18,19)17-15(11-16)12-5-3-4-6-12;/h7-10,12,15,17H,2-6,11,16H2,1H3;1H. The number of hydrogen-bond donors (Lipinski definition) is 2. The third kappa shape index (κ3) is 4.84. The molecular weight excluding hydrogens is 324 g/mol. The molecule has 2 rings (SSSR count). The van der Waals surface area contributed by atoms with Gasteiger partial charge in [0.2, 0.25) is 10.0 Å². The molecule has 0 saturated heterocycles. The summed E-state index contributed by atoms with van der Waals surface area (Å²) in [6.45, 7) is 2.78. The Labute approximate surface area is 139 Å². The van der Waals surface area contributed by atoms with Gasteiger partial charge in [0.15, 0.2) is 0 Å². The van der Waals surface area contributed by atoms with Crippen LogP contribution in [-0.4, -0.2) is 27.6 Å². The number of sulfonamides is 1. The van der Waals surface area contributed by atoms with Crippen LogP contribution in [-0.2, 0) is 10.0 Å². The minimum absolute atomic E-state index is 0. The molecule has 1 aliphatic rings. The van der Waals surface area contributed by atoms with E-state index in [1.54, 1.807) is 24.3 Å². The van der Waals surface area contributed by atoms with Crippen LogP contribution >= 0.6 is 12.4 Å². The van der Waals surface area contributed by atoms with Gasteiger partial charge in [-0.25, -0.2) is 13.1 Å². The molecule has 5 nitrogen and oxygen atoms in total. The van der Waals surface area contributed by atoms with E-state index in [1.165, 1.54) is 0 Å². The normalized spacial score (nSPS) is 17.0. The Morgan fingerprint density at radius 2 is 1.86 bits per heavy atom. The third-order valence-corrected chi connectivity index (χ3v) is 5.48. The van der Waals surface area contributed by atoms with Crippen molar-refractivity contribution in [3.05, 3.63) is 24.3 Å². The van der Waals surface area contributed by atoms with Crippen LogP contribution in [0.5, 0.6) is 5.75 Å². The number of nitrogens with one attached hydrogen (secondary N) is 1. The highest BCUT2D eigenvalue weighted by atomic mass is 35.5. The second-order valence-electron chi connectivity index (χ2n) is 5.41. The molecule has 0 radical (unpaired) electrons. The third-order valence-electron chi connectivity index (χ3n) is 3.97. The zero-order valence-electron chi connectivity index (χ0n) is 12.8. The molecule has 7 heteroatoms. The van der Waals surface area contributed by atoms with E-state index in [9.17, 15) is 8.42 Å². The van der Waals surface area contributed by atoms with Crippen molar-refractivity contribution < 1.29 is 13.2 Å². The summed E-state index contributed by atoms with van der Waals surface area (Å²) in [5.41, 5.74) is 5.75. The van der Waals surface area contributed by atoms with Crippen LogP contribution in [0, 0.1) is 5.92 Å². The van der Waals surface area contributed by atoms with Gasteiger partial charge < -0.3 is 10.5 Å². The second-order valence-corrected chi connectivity index (χ2v) is 7.13. The SMILES string of the molecule is CCOc1ccc(S(=O)(=O)NC(CN)C2CCCC2)cc1.Cl. The maximum absolute atomic E-state index is 12.4. The summed E-state index contributed by atoms with van der Waals surface area (Å²) in [5.74, 6) is 1.02. The molecule has 1 saturated carbocycles. The molecule has 1 fully saturated rings. The van der Waals surface area contributed by atoms with Gasteiger partial charge in [-0.15, -0.1) is 12.4 Å². The van der Waals surface area contributed by atoms with Crippen molar-refractivity contribution >= 4 is 22.4 Å². The van der Waals surface area contributed by atoms with E-state index >= 15 is 0 Å². The average Bonchev–Trinajstić information content (AvgIpc) is 3.00. The molecule has 1 aliphatic carbocycles. The first kappa shape index (κ1) is 19.2. The van der Waals surface area contributed by atoms with Crippen LogP contribution in [0.3, 0.4) is 0 Å². The lowest BCUT2D eigenvalue weighted by Gasteiger charge is -2.23. The molecule has 22 heavy (non-hydrogen) atoms. The Kier molecular flexibility index (Phi) is 7.62. The molecule has 0 aliphatic heterocycles. The number of ether oxygens (including phenoxy) is 1. The quantitative estimate of drug-likeness (QED) is 0.792. The summed E-state index contributed by atoms with van der Waals surface area (Å²) in [6, 6.07) is 6.30. The van der Waals surface area contributed by atoms with E-state index in [4.69, 9.17) is 10.5 Å². The molecule has 126 valence electrons. The fraction of sp³-hybridized carbons (Fsp3) is 0.600. The fourth-order valence-electron chi connectivity index (χ4n) is 2.85. The maximum Gasteiger partial charge on any atom is 0.240 e. The molecule has 1 aromatic rings. The van der Waals surface area contributed by atoms with Crippen molar-refractivity contribution in [2.45, 2.75) is 43.5 Å². The van der Waals surface area contributed by atoms with Gasteiger partial charge in [0.1, 0.15) is 5.75 Å². The smallest absolute Gasteiger partial charge is 0.240 e. The van der Waals surface area contributed by atoms with Crippen molar-refractivity contribution in [3.8, 4) is 5.75 Å². The molecule has 3 N–H and O–H groups in total. The van der Waals surface area contributed by atoms with Crippen molar-refractivity contribution in [1.82, 2.24) is 4.72 Å². The lowest BCUT2D eigenvalue weighted by molar-refractivity contribution is 0.340. The molecule has 1 atom stereocenters. The largest absolute Gasteiger partial charge is 0.494 e. The number of nitrogens with two attached hydrogens (primary N) is 1. The summed E-state index contributed by atoms with van der Waals surface area (Å²) in [5, 5.41) is 0. The Balaban J connectivity index is 0.00000242. The lowest BCUT2D eigenvalue weighted by Crippen LogP contribution is -2.44. The van der Waals surface area contributed by atoms with Crippen LogP contribution in [0.1, 0.15) is 32.6 Å². The summed E-state index contributed by atoms with van der Waals surface area (Å²) in [7, 11) is -3.53. The number of rotatable bonds is 7. The number of benzene rings is 1. The van der Waals surface area contributed by atoms with E-state index < -0.39 is 10.0 Å². The Hall–Kier alpha value is -0.820. The lowest BCUT2D eigenvalue weighted by atomic mass is 9.99. The van der Waals surface area contributed by atoms with Gasteiger partial charge in [-0.1, -0.05) is 12.8 Å². The zero-order chi connectivity index (χ0) is 15.3. The maximum atomic E-state index is 12.4. The van der Waals surface area contributed by atoms with Gasteiger partial charge in [0.05, 0.1) is 11.5 Å². The second kappa shape index (κ2) is 8.72. The highest BCUT2D eigenvalue weighted by molar-refractivity contribution is 7.89. The minimum Gasteiger partial charge on any atom is -0.494 e. The Bertz CT molecular complexity index is 542. The van der Waals surface area contributed by atoms with Gasteiger partial charge in [0, 0.05) is 12.6 Å². The summed E-state index contributed by atoms with van der Waals surface area (Å²) in [4.78, 5) is 0.252. The predicted molar refractivity (Wildman–Crippen MR) is 90.0 cm³/mol. The van der Waals surface area contributed by atoms with Crippen LogP contribution in [0.15, 0.2) is 29.2 Å². The summed E-state index contributed by atoms with van der Waals surface area (Å²) in [6.07, 6.45) is 4.42. The first-order valence-corrected chi connectivity index (χ1v) is 9.00. The molecule has 0 spiro atoms. The molecule has 0 aromatic heterocycles. The minimum atomic E-state index is -3.53. The van der Waals surface area contributed by atoms with Crippen molar-refractivity contribution in [2.24, 2.45) is 11.7 Å². The zero-order valence-corrected chi connectivity index (χ0v) is 14.5. The van der Waals surface area contributed by atoms with Crippen LogP contribution in [0.2, 0.25) is 0 Å². The van der Waals surface area contributed by atoms with Crippen molar-refractivity contribution in [2.75, 3.05) is 13.2 Å². The molecule has 0 bridgehead atoms. The molecule has 0 heterocycles. The Morgan fingerprint density at radius 3 is 2.36 bits per heavy atom. The van der Waals surface area contributed by atoms with Gasteiger partial charge >= 0.3 is 0 Å². The molecule has 1 unspecified atom stereocenters. The van der Waals surface area contributed by atoms with E-state index in [1.807, 2.05) is 6.92 Å². The van der Waals surface area contributed by atoms with Crippen LogP contribution < -0.4 is 15.2 Å². The number of halogens is 1. The van der Waals surface area contributed by atoms with Gasteiger partial charge in [-0.05, 0) is 49.9 Å². The Morgan fingerprint density at radius 1 is 1.27 bits per heavy atom. The van der Waals surface area contributed by atoms with E-state index in [0.29, 0.717) is 24.8 Å². The predicted octanol–water partition coefficient (Wildman–Crippen LogP) is 2.30. The topological polar surface area (TPSA) is 81.4 Å². The fourth-order valence-corrected chi connectivity index (χ4v) is 4.16. The van der Waals surface area contributed by atoms with Crippen molar-refractivity contribution in [3.63, 3.8) is 0 Å². The first-order chi connectivity index (χ1) is 10.1. The van der Waals surface area contributed by atoms with E-state index in [-0.39, 0.29) is 23.3 Å². The monoisotopic (exact) mass is 348 g/mol. The van der Waals surface area contributed by atoms with Gasteiger partial charge in [0.25, 0.3) is 0 Å². The summed E-state index contributed by atoms with van der Waals surface area (Å²) < 4.78 is 32.9. The molecule has 1 aromatic carbocycles. The highest BCUT2D eigenvalue weighted by Gasteiger charge is 2.28. The van der Waals surface area contributed by atoms with Crippen molar-refractivity contribution in [1.29, 1.82) is 0 Å². The van der Waals surface area contributed by atoms with Crippen LogP contribution in [0.4, 0.5) is 0 Å². The molecular formula is C15H25ClN2O3S. The highest BCUT2D eigenvalue weighted by Crippen LogP contribution is 2.28. The van der Waals surface area contributed by atoms with Crippen LogP contribution in [0.25, 0.3) is 0 Å².